The molecule has 0 amide bonds. The minimum atomic E-state index is 0.889. The van der Waals surface area contributed by atoms with Crippen molar-refractivity contribution in [2.75, 3.05) is 4.90 Å². The second kappa shape index (κ2) is 15.3. The summed E-state index contributed by atoms with van der Waals surface area (Å²) >= 11 is 0. The molecule has 0 aliphatic carbocycles. The van der Waals surface area contributed by atoms with E-state index >= 15 is 0 Å². The summed E-state index contributed by atoms with van der Waals surface area (Å²) in [5, 5.41) is 4.73. The van der Waals surface area contributed by atoms with Crippen LogP contribution in [0.4, 0.5) is 17.1 Å². The summed E-state index contributed by atoms with van der Waals surface area (Å²) < 4.78 is 8.87. The molecule has 0 N–H and O–H groups in total. The van der Waals surface area contributed by atoms with Gasteiger partial charge in [0.05, 0.1) is 11.0 Å². The standard InChI is InChI=1S/C60H40N2O/c1-4-14-41(15-5-1)45-18-12-21-51(38-45)61(49-32-26-42(27-33-49)46-30-36-58-55(39-46)53-22-10-11-25-57(53)62(58)48-19-8-3-9-20-48)50-34-28-43(29-35-50)47-31-37-59-56(40-47)54-24-13-23-52(60(54)63-59)44-16-6-2-7-17-44/h1-40H. The Bertz CT molecular complexity index is 3590. The zero-order valence-electron chi connectivity index (χ0n) is 34.4. The molecular formula is C60H40N2O. The van der Waals surface area contributed by atoms with Crippen LogP contribution in [0, 0.1) is 0 Å². The molecule has 0 unspecified atom stereocenters. The number of benzene rings is 10. The van der Waals surface area contributed by atoms with Gasteiger partial charge in [-0.25, -0.2) is 0 Å². The van der Waals surface area contributed by atoms with Crippen molar-refractivity contribution in [1.29, 1.82) is 0 Å². The average molecular weight is 805 g/mol. The van der Waals surface area contributed by atoms with Crippen molar-refractivity contribution in [3.8, 4) is 50.2 Å². The summed E-state index contributed by atoms with van der Waals surface area (Å²) in [6.07, 6.45) is 0. The third kappa shape index (κ3) is 6.46. The number of para-hydroxylation sites is 3. The highest BCUT2D eigenvalue weighted by Crippen LogP contribution is 2.41. The maximum Gasteiger partial charge on any atom is 0.143 e. The fraction of sp³-hybridized carbons (Fsp3) is 0. The van der Waals surface area contributed by atoms with E-state index in [9.17, 15) is 0 Å². The molecule has 10 aromatic carbocycles. The Balaban J connectivity index is 0.920. The molecule has 0 saturated heterocycles. The van der Waals surface area contributed by atoms with Crippen molar-refractivity contribution in [2.45, 2.75) is 0 Å². The van der Waals surface area contributed by atoms with Crippen LogP contribution in [0.15, 0.2) is 247 Å². The first-order valence-electron chi connectivity index (χ1n) is 21.5. The van der Waals surface area contributed by atoms with Gasteiger partial charge in [-0.2, -0.15) is 0 Å². The highest BCUT2D eigenvalue weighted by molar-refractivity contribution is 6.11. The van der Waals surface area contributed by atoms with Crippen molar-refractivity contribution in [3.05, 3.63) is 243 Å². The van der Waals surface area contributed by atoms with Gasteiger partial charge in [0.25, 0.3) is 0 Å². The van der Waals surface area contributed by atoms with E-state index in [0.29, 0.717) is 0 Å². The van der Waals surface area contributed by atoms with Gasteiger partial charge in [-0.15, -0.1) is 0 Å². The average Bonchev–Trinajstić information content (AvgIpc) is 3.91. The first kappa shape index (κ1) is 36.5. The first-order chi connectivity index (χ1) is 31.2. The van der Waals surface area contributed by atoms with Crippen molar-refractivity contribution >= 4 is 60.8 Å². The number of rotatable bonds is 8. The van der Waals surface area contributed by atoms with E-state index in [2.05, 4.69) is 246 Å². The number of hydrogen-bond acceptors (Lipinski definition) is 2. The van der Waals surface area contributed by atoms with Crippen molar-refractivity contribution in [2.24, 2.45) is 0 Å². The fourth-order valence-corrected chi connectivity index (χ4v) is 9.34. The van der Waals surface area contributed by atoms with Crippen LogP contribution in [0.2, 0.25) is 0 Å². The second-order valence-electron chi connectivity index (χ2n) is 16.1. The Morgan fingerprint density at radius 2 is 0.810 bits per heavy atom. The van der Waals surface area contributed by atoms with E-state index in [0.717, 1.165) is 66.9 Å². The largest absolute Gasteiger partial charge is 0.455 e. The lowest BCUT2D eigenvalue weighted by atomic mass is 9.99. The molecule has 0 radical (unpaired) electrons. The van der Waals surface area contributed by atoms with Gasteiger partial charge in [-0.1, -0.05) is 164 Å². The number of furan rings is 1. The SMILES string of the molecule is c1ccc(-c2cccc(N(c3ccc(-c4ccc5oc6c(-c7ccccc7)cccc6c5c4)cc3)c3ccc(-c4ccc5c(c4)c4ccccc4n5-c4ccccc4)cc3)c2)cc1. The zero-order valence-corrected chi connectivity index (χ0v) is 34.4. The molecule has 0 atom stereocenters. The van der Waals surface area contributed by atoms with E-state index in [1.807, 2.05) is 6.07 Å². The summed E-state index contributed by atoms with van der Waals surface area (Å²) in [5.41, 5.74) is 17.9. The van der Waals surface area contributed by atoms with Crippen LogP contribution in [0.25, 0.3) is 93.9 Å². The highest BCUT2D eigenvalue weighted by Gasteiger charge is 2.18. The molecule has 2 heterocycles. The summed E-state index contributed by atoms with van der Waals surface area (Å²) in [6.45, 7) is 0. The summed E-state index contributed by atoms with van der Waals surface area (Å²) in [6, 6.07) is 87.0. The van der Waals surface area contributed by atoms with Crippen molar-refractivity contribution in [1.82, 2.24) is 4.57 Å². The van der Waals surface area contributed by atoms with Crippen LogP contribution in [0.3, 0.4) is 0 Å². The molecule has 3 nitrogen and oxygen atoms in total. The topological polar surface area (TPSA) is 21.3 Å². The van der Waals surface area contributed by atoms with Gasteiger partial charge in [0.1, 0.15) is 11.2 Å². The molecule has 12 aromatic rings. The molecule has 12 rings (SSSR count). The van der Waals surface area contributed by atoms with Crippen molar-refractivity contribution < 1.29 is 4.42 Å². The van der Waals surface area contributed by atoms with Crippen LogP contribution in [0.1, 0.15) is 0 Å². The van der Waals surface area contributed by atoms with Crippen LogP contribution in [-0.4, -0.2) is 4.57 Å². The third-order valence-corrected chi connectivity index (χ3v) is 12.4. The normalized spacial score (nSPS) is 11.5. The molecule has 0 saturated carbocycles. The molecule has 0 fully saturated rings. The quantitative estimate of drug-likeness (QED) is 0.153. The predicted molar refractivity (Wildman–Crippen MR) is 264 cm³/mol. The summed E-state index contributed by atoms with van der Waals surface area (Å²) in [7, 11) is 0. The first-order valence-corrected chi connectivity index (χ1v) is 21.5. The minimum absolute atomic E-state index is 0.889. The molecule has 0 spiro atoms. The lowest BCUT2D eigenvalue weighted by Crippen LogP contribution is -2.10. The maximum atomic E-state index is 6.50. The molecule has 3 heteroatoms. The van der Waals surface area contributed by atoms with Gasteiger partial charge >= 0.3 is 0 Å². The van der Waals surface area contributed by atoms with Crippen LogP contribution in [0.5, 0.6) is 0 Å². The molecule has 0 aliphatic heterocycles. The predicted octanol–water partition coefficient (Wildman–Crippen LogP) is 16.8. The number of hydrogen-bond donors (Lipinski definition) is 0. The lowest BCUT2D eigenvalue weighted by molar-refractivity contribution is 0.670. The molecule has 0 bridgehead atoms. The van der Waals surface area contributed by atoms with Gasteiger partial charge in [-0.05, 0) is 118 Å². The maximum absolute atomic E-state index is 6.50. The van der Waals surface area contributed by atoms with E-state index < -0.39 is 0 Å². The molecule has 296 valence electrons. The second-order valence-corrected chi connectivity index (χ2v) is 16.1. The van der Waals surface area contributed by atoms with Gasteiger partial charge in [0, 0.05) is 49.9 Å². The molecule has 2 aromatic heterocycles. The Labute approximate surface area is 366 Å². The minimum Gasteiger partial charge on any atom is -0.455 e. The zero-order chi connectivity index (χ0) is 41.7. The lowest BCUT2D eigenvalue weighted by Gasteiger charge is -2.26. The monoisotopic (exact) mass is 804 g/mol. The Morgan fingerprint density at radius 1 is 0.302 bits per heavy atom. The van der Waals surface area contributed by atoms with Gasteiger partial charge in [-0.3, -0.25) is 0 Å². The number of aromatic nitrogens is 1. The third-order valence-electron chi connectivity index (χ3n) is 12.4. The van der Waals surface area contributed by atoms with E-state index in [-0.39, 0.29) is 0 Å². The van der Waals surface area contributed by atoms with Crippen LogP contribution < -0.4 is 4.90 Å². The fourth-order valence-electron chi connectivity index (χ4n) is 9.34. The Morgan fingerprint density at radius 3 is 1.52 bits per heavy atom. The van der Waals surface area contributed by atoms with Crippen molar-refractivity contribution in [3.63, 3.8) is 0 Å². The van der Waals surface area contributed by atoms with Gasteiger partial charge in [0.2, 0.25) is 0 Å². The van der Waals surface area contributed by atoms with Gasteiger partial charge in [0.15, 0.2) is 0 Å². The molecule has 63 heavy (non-hydrogen) atoms. The van der Waals surface area contributed by atoms with Crippen LogP contribution >= 0.6 is 0 Å². The smallest absolute Gasteiger partial charge is 0.143 e. The Hall–Kier alpha value is -8.40. The van der Waals surface area contributed by atoms with E-state index in [1.165, 1.54) is 44.1 Å². The van der Waals surface area contributed by atoms with E-state index in [1.54, 1.807) is 0 Å². The summed E-state index contributed by atoms with van der Waals surface area (Å²) in [4.78, 5) is 2.36. The Kier molecular flexibility index (Phi) is 8.83. The highest BCUT2D eigenvalue weighted by atomic mass is 16.3. The van der Waals surface area contributed by atoms with E-state index in [4.69, 9.17) is 4.42 Å². The number of anilines is 3. The number of nitrogens with zero attached hydrogens (tertiary/aromatic N) is 2. The van der Waals surface area contributed by atoms with Crippen LogP contribution in [-0.2, 0) is 0 Å². The summed E-state index contributed by atoms with van der Waals surface area (Å²) in [5.74, 6) is 0. The van der Waals surface area contributed by atoms with Gasteiger partial charge < -0.3 is 13.9 Å². The molecular weight excluding hydrogens is 765 g/mol. The number of fused-ring (bicyclic) bond motifs is 6. The molecule has 0 aliphatic rings.